The van der Waals surface area contributed by atoms with Crippen molar-refractivity contribution >= 4 is 16.0 Å². The van der Waals surface area contributed by atoms with E-state index >= 15 is 0 Å². The lowest BCUT2D eigenvalue weighted by molar-refractivity contribution is -0.136. The third kappa shape index (κ3) is 7.66. The zero-order chi connectivity index (χ0) is 10.3. The average molecular weight is 213 g/mol. The average Bonchev–Trinajstić information content (AvgIpc) is 2.00. The third-order valence-electron chi connectivity index (χ3n) is 1.21. The molecule has 0 aliphatic heterocycles. The van der Waals surface area contributed by atoms with Crippen LogP contribution in [0.4, 0.5) is 4.39 Å². The Hall–Kier alpha value is -0.690. The van der Waals surface area contributed by atoms with Crippen LogP contribution in [0.5, 0.6) is 0 Å². The molecule has 0 aliphatic rings. The zero-order valence-electron chi connectivity index (χ0n) is 6.99. The molecule has 7 heteroatoms. The van der Waals surface area contributed by atoms with Crippen molar-refractivity contribution in [2.24, 2.45) is 0 Å². The summed E-state index contributed by atoms with van der Waals surface area (Å²) in [5.74, 6) is -1.38. The van der Waals surface area contributed by atoms with Gasteiger partial charge in [-0.25, -0.2) is 13.1 Å². The summed E-state index contributed by atoms with van der Waals surface area (Å²) < 4.78 is 35.4. The first kappa shape index (κ1) is 12.3. The molecule has 0 fully saturated rings. The van der Waals surface area contributed by atoms with Crippen molar-refractivity contribution in [3.05, 3.63) is 0 Å². The molecule has 0 aromatic heterocycles. The molecule has 0 aliphatic carbocycles. The molecule has 78 valence electrons. The molecule has 0 atom stereocenters. The van der Waals surface area contributed by atoms with Crippen LogP contribution in [0.3, 0.4) is 0 Å². The second kappa shape index (κ2) is 5.87. The molecule has 0 unspecified atom stereocenters. The predicted octanol–water partition coefficient (Wildman–Crippen LogP) is -0.260. The Morgan fingerprint density at radius 3 is 2.54 bits per heavy atom. The highest BCUT2D eigenvalue weighted by atomic mass is 32.2. The number of halogens is 1. The minimum atomic E-state index is -3.49. The fraction of sp³-hybridized carbons (Fsp3) is 0.833. The number of rotatable bonds is 7. The van der Waals surface area contributed by atoms with Gasteiger partial charge in [-0.2, -0.15) is 0 Å². The highest BCUT2D eigenvalue weighted by molar-refractivity contribution is 7.89. The molecular weight excluding hydrogens is 201 g/mol. The van der Waals surface area contributed by atoms with Crippen LogP contribution in [0.2, 0.25) is 0 Å². The summed E-state index contributed by atoms with van der Waals surface area (Å²) in [6, 6.07) is 0. The maximum absolute atomic E-state index is 11.6. The van der Waals surface area contributed by atoms with Crippen LogP contribution < -0.4 is 4.72 Å². The van der Waals surface area contributed by atoms with E-state index in [1.165, 1.54) is 0 Å². The molecule has 0 rings (SSSR count). The number of carboxylic acid groups (broad SMARTS) is 1. The molecule has 0 heterocycles. The van der Waals surface area contributed by atoms with Gasteiger partial charge in [-0.15, -0.1) is 0 Å². The van der Waals surface area contributed by atoms with Crippen LogP contribution in [0.25, 0.3) is 0 Å². The number of sulfonamides is 1. The van der Waals surface area contributed by atoms with E-state index in [-0.39, 0.29) is 25.1 Å². The molecule has 5 nitrogen and oxygen atoms in total. The van der Waals surface area contributed by atoms with Gasteiger partial charge in [0.05, 0.1) is 18.8 Å². The van der Waals surface area contributed by atoms with Gasteiger partial charge < -0.3 is 5.11 Å². The van der Waals surface area contributed by atoms with E-state index in [4.69, 9.17) is 5.11 Å². The normalized spacial score (nSPS) is 11.5. The number of carboxylic acids is 1. The molecule has 2 N–H and O–H groups in total. The van der Waals surface area contributed by atoms with Crippen molar-refractivity contribution < 1.29 is 22.7 Å². The van der Waals surface area contributed by atoms with E-state index in [0.29, 0.717) is 0 Å². The summed E-state index contributed by atoms with van der Waals surface area (Å²) in [5.41, 5.74) is 0. The molecule has 0 aromatic rings. The van der Waals surface area contributed by atoms with Crippen molar-refractivity contribution in [1.29, 1.82) is 0 Å². The summed E-state index contributed by atoms with van der Waals surface area (Å²) in [5, 5.41) is 8.19. The van der Waals surface area contributed by atoms with Gasteiger partial charge >= 0.3 is 5.97 Å². The van der Waals surface area contributed by atoms with Gasteiger partial charge in [0.15, 0.2) is 0 Å². The SMILES string of the molecule is O=C(O)CCNS(=O)(=O)CCCF. The summed E-state index contributed by atoms with van der Waals surface area (Å²) >= 11 is 0. The Kier molecular flexibility index (Phi) is 5.56. The van der Waals surface area contributed by atoms with Gasteiger partial charge in [0, 0.05) is 6.54 Å². The largest absolute Gasteiger partial charge is 0.481 e. The first-order valence-electron chi connectivity index (χ1n) is 3.73. The lowest BCUT2D eigenvalue weighted by Crippen LogP contribution is -2.28. The van der Waals surface area contributed by atoms with E-state index in [1.54, 1.807) is 0 Å². The predicted molar refractivity (Wildman–Crippen MR) is 44.6 cm³/mol. The van der Waals surface area contributed by atoms with Crippen LogP contribution in [0, 0.1) is 0 Å². The Labute approximate surface area is 76.0 Å². The van der Waals surface area contributed by atoms with E-state index < -0.39 is 22.7 Å². The maximum Gasteiger partial charge on any atom is 0.304 e. The maximum atomic E-state index is 11.6. The highest BCUT2D eigenvalue weighted by Gasteiger charge is 2.09. The van der Waals surface area contributed by atoms with Crippen LogP contribution in [0.1, 0.15) is 12.8 Å². The number of hydrogen-bond acceptors (Lipinski definition) is 3. The highest BCUT2D eigenvalue weighted by Crippen LogP contribution is 1.90. The Balaban J connectivity index is 3.70. The van der Waals surface area contributed by atoms with Crippen LogP contribution in [-0.2, 0) is 14.8 Å². The number of carbonyl (C=O) groups is 1. The number of alkyl halides is 1. The van der Waals surface area contributed by atoms with Gasteiger partial charge in [0.25, 0.3) is 0 Å². The molecule has 0 amide bonds. The minimum absolute atomic E-state index is 0.0671. The van der Waals surface area contributed by atoms with Gasteiger partial charge in [-0.05, 0) is 6.42 Å². The number of aliphatic carboxylic acids is 1. The lowest BCUT2D eigenvalue weighted by atomic mass is 10.5. The first-order valence-corrected chi connectivity index (χ1v) is 5.38. The fourth-order valence-electron chi connectivity index (χ4n) is 0.630. The second-order valence-corrected chi connectivity index (χ2v) is 4.33. The van der Waals surface area contributed by atoms with Gasteiger partial charge in [0.2, 0.25) is 10.0 Å². The Morgan fingerprint density at radius 2 is 2.08 bits per heavy atom. The molecule has 0 bridgehead atoms. The lowest BCUT2D eigenvalue weighted by Gasteiger charge is -2.02. The minimum Gasteiger partial charge on any atom is -0.481 e. The Morgan fingerprint density at radius 1 is 1.46 bits per heavy atom. The van der Waals surface area contributed by atoms with Crippen molar-refractivity contribution in [2.75, 3.05) is 19.0 Å². The van der Waals surface area contributed by atoms with Gasteiger partial charge in [0.1, 0.15) is 0 Å². The summed E-state index contributed by atoms with van der Waals surface area (Å²) in [7, 11) is -3.49. The van der Waals surface area contributed by atoms with Crippen LogP contribution in [0.15, 0.2) is 0 Å². The van der Waals surface area contributed by atoms with E-state index in [0.717, 1.165) is 0 Å². The zero-order valence-corrected chi connectivity index (χ0v) is 7.81. The number of nitrogens with one attached hydrogen (secondary N) is 1. The molecule has 0 spiro atoms. The quantitative estimate of drug-likeness (QED) is 0.610. The van der Waals surface area contributed by atoms with Crippen molar-refractivity contribution in [2.45, 2.75) is 12.8 Å². The molecular formula is C6H12FNO4S. The molecule has 0 aromatic carbocycles. The molecule has 0 radical (unpaired) electrons. The van der Waals surface area contributed by atoms with E-state index in [1.807, 2.05) is 4.72 Å². The standard InChI is InChI=1S/C6H12FNO4S/c7-3-1-5-13(11,12)8-4-2-6(9)10/h8H,1-5H2,(H,9,10). The van der Waals surface area contributed by atoms with Crippen molar-refractivity contribution in [3.8, 4) is 0 Å². The van der Waals surface area contributed by atoms with E-state index in [9.17, 15) is 17.6 Å². The number of hydrogen-bond donors (Lipinski definition) is 2. The van der Waals surface area contributed by atoms with Gasteiger partial charge in [-0.3, -0.25) is 9.18 Å². The molecule has 0 saturated carbocycles. The molecule has 13 heavy (non-hydrogen) atoms. The van der Waals surface area contributed by atoms with Crippen LogP contribution >= 0.6 is 0 Å². The van der Waals surface area contributed by atoms with Crippen molar-refractivity contribution in [1.82, 2.24) is 4.72 Å². The van der Waals surface area contributed by atoms with E-state index in [2.05, 4.69) is 0 Å². The monoisotopic (exact) mass is 213 g/mol. The Bertz CT molecular complexity index is 251. The van der Waals surface area contributed by atoms with Crippen molar-refractivity contribution in [3.63, 3.8) is 0 Å². The van der Waals surface area contributed by atoms with Gasteiger partial charge in [-0.1, -0.05) is 0 Å². The van der Waals surface area contributed by atoms with Crippen LogP contribution in [-0.4, -0.2) is 38.5 Å². The fourth-order valence-corrected chi connectivity index (χ4v) is 1.68. The molecule has 0 saturated heterocycles. The summed E-state index contributed by atoms with van der Waals surface area (Å²) in [4.78, 5) is 10.0. The summed E-state index contributed by atoms with van der Waals surface area (Å²) in [6.07, 6.45) is -0.336. The topological polar surface area (TPSA) is 83.5 Å². The third-order valence-corrected chi connectivity index (χ3v) is 2.68. The summed E-state index contributed by atoms with van der Waals surface area (Å²) in [6.45, 7) is -0.843. The second-order valence-electron chi connectivity index (χ2n) is 2.40. The smallest absolute Gasteiger partial charge is 0.304 e. The first-order chi connectivity index (χ1) is 5.98.